The maximum absolute atomic E-state index is 12.9. The highest BCUT2D eigenvalue weighted by Gasteiger charge is 2.33. The van der Waals surface area contributed by atoms with E-state index in [2.05, 4.69) is 34.2 Å². The van der Waals surface area contributed by atoms with Crippen LogP contribution in [-0.4, -0.2) is 66.3 Å². The van der Waals surface area contributed by atoms with Crippen LogP contribution in [0, 0.1) is 0 Å². The Hall–Kier alpha value is -0.750. The van der Waals surface area contributed by atoms with Gasteiger partial charge in [-0.1, -0.05) is 25.1 Å². The number of carbonyl (C=O) groups excluding carboxylic acids is 1. The first-order valence-corrected chi connectivity index (χ1v) is 9.61. The number of piperazine rings is 1. The van der Waals surface area contributed by atoms with Crippen molar-refractivity contribution in [2.75, 3.05) is 39.3 Å². The van der Waals surface area contributed by atoms with Crippen LogP contribution >= 0.6 is 24.2 Å². The Morgan fingerprint density at radius 3 is 2.62 bits per heavy atom. The summed E-state index contributed by atoms with van der Waals surface area (Å²) >= 11 is 1.71. The van der Waals surface area contributed by atoms with E-state index in [-0.39, 0.29) is 17.7 Å². The molecule has 0 saturated carbocycles. The number of hydrogen-bond donors (Lipinski definition) is 1. The zero-order valence-corrected chi connectivity index (χ0v) is 16.0. The van der Waals surface area contributed by atoms with E-state index in [0.717, 1.165) is 52.1 Å². The number of carbonyl (C=O) groups is 1. The third kappa shape index (κ3) is 4.88. The van der Waals surface area contributed by atoms with Gasteiger partial charge < -0.3 is 10.2 Å². The van der Waals surface area contributed by atoms with Gasteiger partial charge >= 0.3 is 0 Å². The number of nitrogens with zero attached hydrogens (tertiary/aromatic N) is 2. The Bertz CT molecular complexity index is 510. The minimum atomic E-state index is 0. The molecule has 2 saturated heterocycles. The van der Waals surface area contributed by atoms with Crippen LogP contribution in [-0.2, 0) is 4.79 Å². The minimum absolute atomic E-state index is 0. The average molecular weight is 370 g/mol. The fraction of sp³-hybridized carbons (Fsp3) is 0.611. The van der Waals surface area contributed by atoms with Crippen molar-refractivity contribution in [1.82, 2.24) is 15.1 Å². The summed E-state index contributed by atoms with van der Waals surface area (Å²) in [5.74, 6) is 0.319. The summed E-state index contributed by atoms with van der Waals surface area (Å²) in [6, 6.07) is 10.8. The van der Waals surface area contributed by atoms with E-state index in [1.165, 1.54) is 4.90 Å². The maximum Gasteiger partial charge on any atom is 0.236 e. The maximum atomic E-state index is 12.9. The molecule has 1 N–H and O–H groups in total. The third-order valence-electron chi connectivity index (χ3n) is 4.81. The van der Waals surface area contributed by atoms with Gasteiger partial charge in [-0.2, -0.15) is 0 Å². The molecule has 6 heteroatoms. The van der Waals surface area contributed by atoms with E-state index < -0.39 is 0 Å². The normalized spacial score (nSPS) is 22.9. The summed E-state index contributed by atoms with van der Waals surface area (Å²) in [6.45, 7) is 8.31. The second kappa shape index (κ2) is 9.66. The summed E-state index contributed by atoms with van der Waals surface area (Å²) < 4.78 is 0. The first kappa shape index (κ1) is 19.6. The molecule has 0 aliphatic carbocycles. The van der Waals surface area contributed by atoms with Gasteiger partial charge in [-0.25, -0.2) is 0 Å². The van der Waals surface area contributed by atoms with Crippen molar-refractivity contribution in [3.63, 3.8) is 0 Å². The molecule has 3 rings (SSSR count). The molecule has 2 unspecified atom stereocenters. The second-order valence-electron chi connectivity index (χ2n) is 6.34. The van der Waals surface area contributed by atoms with Crippen LogP contribution in [0.4, 0.5) is 0 Å². The van der Waals surface area contributed by atoms with Crippen molar-refractivity contribution in [1.29, 1.82) is 0 Å². The predicted octanol–water partition coefficient (Wildman–Crippen LogP) is 2.49. The number of rotatable bonds is 5. The topological polar surface area (TPSA) is 35.6 Å². The van der Waals surface area contributed by atoms with Crippen molar-refractivity contribution < 1.29 is 4.79 Å². The summed E-state index contributed by atoms with van der Waals surface area (Å²) in [6.07, 6.45) is 2.01. The van der Waals surface area contributed by atoms with Gasteiger partial charge in [0.05, 0.1) is 5.25 Å². The van der Waals surface area contributed by atoms with Gasteiger partial charge in [-0.15, -0.1) is 24.2 Å². The highest BCUT2D eigenvalue weighted by atomic mass is 35.5. The lowest BCUT2D eigenvalue weighted by Gasteiger charge is -2.32. The first-order valence-electron chi connectivity index (χ1n) is 8.73. The van der Waals surface area contributed by atoms with Crippen LogP contribution < -0.4 is 5.32 Å². The van der Waals surface area contributed by atoms with E-state index >= 15 is 0 Å². The second-order valence-corrected chi connectivity index (χ2v) is 7.62. The number of benzene rings is 1. The number of hydrogen-bond acceptors (Lipinski definition) is 4. The van der Waals surface area contributed by atoms with Crippen LogP contribution in [0.2, 0.25) is 0 Å². The SMILES string of the molecule is CCC(Sc1ccccc1)C(=O)N1CCC(N2CCNCC2)C1.Cl. The highest BCUT2D eigenvalue weighted by Crippen LogP contribution is 2.28. The molecule has 1 aromatic rings. The Labute approximate surface area is 155 Å². The van der Waals surface area contributed by atoms with Crippen LogP contribution in [0.25, 0.3) is 0 Å². The van der Waals surface area contributed by atoms with Gasteiger partial charge in [-0.05, 0) is 25.0 Å². The smallest absolute Gasteiger partial charge is 0.236 e. The molecule has 0 radical (unpaired) electrons. The van der Waals surface area contributed by atoms with Crippen molar-refractivity contribution in [3.05, 3.63) is 30.3 Å². The molecule has 2 aliphatic rings. The molecule has 2 atom stereocenters. The molecule has 2 heterocycles. The molecule has 0 spiro atoms. The van der Waals surface area contributed by atoms with Crippen LogP contribution in [0.5, 0.6) is 0 Å². The molecule has 1 amide bonds. The summed E-state index contributed by atoms with van der Waals surface area (Å²) in [5.41, 5.74) is 0. The third-order valence-corrected chi connectivity index (χ3v) is 6.17. The molecule has 0 aromatic heterocycles. The number of halogens is 1. The lowest BCUT2D eigenvalue weighted by molar-refractivity contribution is -0.129. The Balaban J connectivity index is 0.00000208. The number of likely N-dealkylation sites (tertiary alicyclic amines) is 1. The van der Waals surface area contributed by atoms with Gasteiger partial charge in [0, 0.05) is 50.2 Å². The summed E-state index contributed by atoms with van der Waals surface area (Å²) in [4.78, 5) is 18.7. The van der Waals surface area contributed by atoms with Gasteiger partial charge in [-0.3, -0.25) is 9.69 Å². The monoisotopic (exact) mass is 369 g/mol. The van der Waals surface area contributed by atoms with Crippen molar-refractivity contribution in [2.45, 2.75) is 36.0 Å². The van der Waals surface area contributed by atoms with Crippen molar-refractivity contribution in [2.24, 2.45) is 0 Å². The highest BCUT2D eigenvalue weighted by molar-refractivity contribution is 8.00. The van der Waals surface area contributed by atoms with Crippen molar-refractivity contribution in [3.8, 4) is 0 Å². The minimum Gasteiger partial charge on any atom is -0.340 e. The fourth-order valence-corrected chi connectivity index (χ4v) is 4.52. The number of thioether (sulfide) groups is 1. The molecule has 2 fully saturated rings. The van der Waals surface area contributed by atoms with E-state index in [4.69, 9.17) is 0 Å². The van der Waals surface area contributed by atoms with E-state index in [9.17, 15) is 4.79 Å². The lowest BCUT2D eigenvalue weighted by Crippen LogP contribution is -2.49. The molecule has 2 aliphatic heterocycles. The predicted molar refractivity (Wildman–Crippen MR) is 103 cm³/mol. The van der Waals surface area contributed by atoms with Gasteiger partial charge in [0.1, 0.15) is 0 Å². The Morgan fingerprint density at radius 1 is 1.25 bits per heavy atom. The molecule has 134 valence electrons. The summed E-state index contributed by atoms with van der Waals surface area (Å²) in [5, 5.41) is 3.44. The van der Waals surface area contributed by atoms with Gasteiger partial charge in [0.2, 0.25) is 5.91 Å². The van der Waals surface area contributed by atoms with Crippen LogP contribution in [0.1, 0.15) is 19.8 Å². The zero-order valence-electron chi connectivity index (χ0n) is 14.3. The van der Waals surface area contributed by atoms with Gasteiger partial charge in [0.25, 0.3) is 0 Å². The molecule has 4 nitrogen and oxygen atoms in total. The molecule has 0 bridgehead atoms. The molecule has 1 aromatic carbocycles. The Morgan fingerprint density at radius 2 is 1.96 bits per heavy atom. The van der Waals surface area contributed by atoms with Crippen LogP contribution in [0.15, 0.2) is 35.2 Å². The van der Waals surface area contributed by atoms with Crippen molar-refractivity contribution >= 4 is 30.1 Å². The number of nitrogens with one attached hydrogen (secondary N) is 1. The quantitative estimate of drug-likeness (QED) is 0.809. The standard InChI is InChI=1S/C18H27N3OS.ClH/c1-2-17(23-16-6-4-3-5-7-16)18(22)21-11-8-15(14-21)20-12-9-19-10-13-20;/h3-7,15,17,19H,2,8-14H2,1H3;1H. The lowest BCUT2D eigenvalue weighted by atomic mass is 10.2. The van der Waals surface area contributed by atoms with E-state index in [1.807, 2.05) is 18.2 Å². The van der Waals surface area contributed by atoms with E-state index in [1.54, 1.807) is 11.8 Å². The average Bonchev–Trinajstić information content (AvgIpc) is 3.11. The molecular formula is C18H28ClN3OS. The zero-order chi connectivity index (χ0) is 16.1. The number of amides is 1. The molecular weight excluding hydrogens is 342 g/mol. The largest absolute Gasteiger partial charge is 0.340 e. The van der Waals surface area contributed by atoms with E-state index in [0.29, 0.717) is 11.9 Å². The van der Waals surface area contributed by atoms with Crippen LogP contribution in [0.3, 0.4) is 0 Å². The Kier molecular flexibility index (Phi) is 7.88. The van der Waals surface area contributed by atoms with Gasteiger partial charge in [0.15, 0.2) is 0 Å². The fourth-order valence-electron chi connectivity index (χ4n) is 3.46. The first-order chi connectivity index (χ1) is 11.3. The molecule has 24 heavy (non-hydrogen) atoms. The summed E-state index contributed by atoms with van der Waals surface area (Å²) in [7, 11) is 0.